The van der Waals surface area contributed by atoms with E-state index in [1.54, 1.807) is 6.92 Å². The number of Topliss-reactive ketones (excluding diaryl/α,β-unsaturated/α-hetero) is 1. The van der Waals surface area contributed by atoms with Crippen molar-refractivity contribution in [3.05, 3.63) is 45.0 Å². The molecule has 0 radical (unpaired) electrons. The molecule has 0 aliphatic rings. The number of nitro groups is 1. The number of carboxylic acid groups (broad SMARTS) is 1. The van der Waals surface area contributed by atoms with Gasteiger partial charge in [0.05, 0.1) is 10.5 Å². The summed E-state index contributed by atoms with van der Waals surface area (Å²) in [6.45, 7) is 2.82. The highest BCUT2D eigenvalue weighted by Gasteiger charge is 2.22. The fourth-order valence-corrected chi connectivity index (χ4v) is 2.26. The van der Waals surface area contributed by atoms with E-state index in [1.165, 1.54) is 18.2 Å². The van der Waals surface area contributed by atoms with Crippen molar-refractivity contribution in [2.45, 2.75) is 18.7 Å². The van der Waals surface area contributed by atoms with Gasteiger partial charge in [0.1, 0.15) is 5.57 Å². The zero-order valence-electron chi connectivity index (χ0n) is 10.8. The molecule has 1 aromatic carbocycles. The number of halogens is 1. The summed E-state index contributed by atoms with van der Waals surface area (Å²) in [5.41, 5.74) is 0.116. The SMILES string of the molecule is CC(=O)/C(=C\c1cccc([N+](=O)[O-])c1C(C)Br)C(=O)O. The Morgan fingerprint density at radius 1 is 1.45 bits per heavy atom. The molecule has 1 rings (SSSR count). The maximum absolute atomic E-state index is 11.3. The van der Waals surface area contributed by atoms with E-state index in [9.17, 15) is 19.7 Å². The van der Waals surface area contributed by atoms with Crippen LogP contribution in [0.5, 0.6) is 0 Å². The van der Waals surface area contributed by atoms with Crippen LogP contribution in [0.1, 0.15) is 29.8 Å². The molecule has 20 heavy (non-hydrogen) atoms. The number of nitro benzene ring substituents is 1. The summed E-state index contributed by atoms with van der Waals surface area (Å²) >= 11 is 3.25. The number of ketones is 1. The molecule has 0 amide bonds. The summed E-state index contributed by atoms with van der Waals surface area (Å²) in [6, 6.07) is 4.31. The van der Waals surface area contributed by atoms with Crippen LogP contribution in [0.4, 0.5) is 5.69 Å². The van der Waals surface area contributed by atoms with Gasteiger partial charge in [-0.2, -0.15) is 0 Å². The molecule has 0 fully saturated rings. The van der Waals surface area contributed by atoms with Gasteiger partial charge in [-0.1, -0.05) is 28.1 Å². The van der Waals surface area contributed by atoms with Gasteiger partial charge in [-0.05, 0) is 25.5 Å². The third-order valence-corrected chi connectivity index (χ3v) is 3.08. The van der Waals surface area contributed by atoms with Gasteiger partial charge in [0, 0.05) is 10.9 Å². The average molecular weight is 342 g/mol. The van der Waals surface area contributed by atoms with Crippen LogP contribution in [-0.2, 0) is 9.59 Å². The number of aliphatic carboxylic acids is 1. The van der Waals surface area contributed by atoms with E-state index in [0.717, 1.165) is 13.0 Å². The minimum Gasteiger partial charge on any atom is -0.478 e. The molecule has 1 aromatic rings. The Morgan fingerprint density at radius 3 is 2.45 bits per heavy atom. The molecule has 0 saturated carbocycles. The highest BCUT2D eigenvalue weighted by atomic mass is 79.9. The molecule has 0 aromatic heterocycles. The Kier molecular flexibility index (Phi) is 5.15. The second-order valence-electron chi connectivity index (χ2n) is 4.07. The van der Waals surface area contributed by atoms with Crippen molar-refractivity contribution in [1.29, 1.82) is 0 Å². The fourth-order valence-electron chi connectivity index (χ4n) is 1.76. The number of hydrogen-bond donors (Lipinski definition) is 1. The van der Waals surface area contributed by atoms with Gasteiger partial charge < -0.3 is 5.11 Å². The van der Waals surface area contributed by atoms with Crippen LogP contribution < -0.4 is 0 Å². The van der Waals surface area contributed by atoms with E-state index < -0.39 is 22.2 Å². The molecule has 1 N–H and O–H groups in total. The van der Waals surface area contributed by atoms with E-state index in [2.05, 4.69) is 15.9 Å². The number of carbonyl (C=O) groups excluding carboxylic acids is 1. The van der Waals surface area contributed by atoms with Crippen molar-refractivity contribution >= 4 is 39.4 Å². The molecule has 106 valence electrons. The van der Waals surface area contributed by atoms with Gasteiger partial charge in [0.15, 0.2) is 5.78 Å². The molecule has 1 unspecified atom stereocenters. The van der Waals surface area contributed by atoms with Gasteiger partial charge >= 0.3 is 5.97 Å². The summed E-state index contributed by atoms with van der Waals surface area (Å²) in [5, 5.41) is 20.0. The van der Waals surface area contributed by atoms with Crippen molar-refractivity contribution in [2.75, 3.05) is 0 Å². The molecule has 1 atom stereocenters. The Balaban J connectivity index is 3.57. The number of nitrogens with zero attached hydrogens (tertiary/aromatic N) is 1. The average Bonchev–Trinajstić information content (AvgIpc) is 2.34. The van der Waals surface area contributed by atoms with Gasteiger partial charge in [-0.15, -0.1) is 0 Å². The Morgan fingerprint density at radius 2 is 2.05 bits per heavy atom. The van der Waals surface area contributed by atoms with Crippen LogP contribution in [0.25, 0.3) is 6.08 Å². The molecule has 0 bridgehead atoms. The van der Waals surface area contributed by atoms with Crippen LogP contribution >= 0.6 is 15.9 Å². The maximum atomic E-state index is 11.3. The first kappa shape index (κ1) is 16.0. The number of carbonyl (C=O) groups is 2. The monoisotopic (exact) mass is 341 g/mol. The normalized spacial score (nSPS) is 12.8. The van der Waals surface area contributed by atoms with Crippen LogP contribution in [0.2, 0.25) is 0 Å². The molecule has 6 nitrogen and oxygen atoms in total. The van der Waals surface area contributed by atoms with Gasteiger partial charge in [0.2, 0.25) is 0 Å². The lowest BCUT2D eigenvalue weighted by molar-refractivity contribution is -0.385. The number of alkyl halides is 1. The topological polar surface area (TPSA) is 97.5 Å². The van der Waals surface area contributed by atoms with Crippen LogP contribution in [-0.4, -0.2) is 21.8 Å². The Bertz CT molecular complexity index is 591. The Labute approximate surface area is 123 Å². The van der Waals surface area contributed by atoms with E-state index in [4.69, 9.17) is 5.11 Å². The minimum absolute atomic E-state index is 0.128. The number of rotatable bonds is 5. The van der Waals surface area contributed by atoms with E-state index in [0.29, 0.717) is 11.1 Å². The van der Waals surface area contributed by atoms with Gasteiger partial charge in [-0.25, -0.2) is 4.79 Å². The van der Waals surface area contributed by atoms with Crippen LogP contribution in [0, 0.1) is 10.1 Å². The zero-order chi connectivity index (χ0) is 15.4. The van der Waals surface area contributed by atoms with Crippen LogP contribution in [0.3, 0.4) is 0 Å². The predicted molar refractivity (Wildman–Crippen MR) is 76.7 cm³/mol. The molecule has 0 heterocycles. The Hall–Kier alpha value is -2.02. The molecular formula is C13H12BrNO5. The third kappa shape index (κ3) is 3.51. The molecule has 0 spiro atoms. The van der Waals surface area contributed by atoms with Crippen molar-refractivity contribution in [2.24, 2.45) is 0 Å². The molecule has 0 saturated heterocycles. The summed E-state index contributed by atoms with van der Waals surface area (Å²) in [7, 11) is 0. The lowest BCUT2D eigenvalue weighted by atomic mass is 9.99. The summed E-state index contributed by atoms with van der Waals surface area (Å²) in [6.07, 6.45) is 1.16. The number of hydrogen-bond acceptors (Lipinski definition) is 4. The maximum Gasteiger partial charge on any atom is 0.339 e. The summed E-state index contributed by atoms with van der Waals surface area (Å²) in [5.74, 6) is -1.98. The quantitative estimate of drug-likeness (QED) is 0.221. The molecule has 7 heteroatoms. The molecule has 0 aliphatic carbocycles. The number of carboxylic acids is 1. The highest BCUT2D eigenvalue weighted by Crippen LogP contribution is 2.34. The lowest BCUT2D eigenvalue weighted by Crippen LogP contribution is -2.09. The first-order valence-corrected chi connectivity index (χ1v) is 6.54. The lowest BCUT2D eigenvalue weighted by Gasteiger charge is -2.09. The second-order valence-corrected chi connectivity index (χ2v) is 5.45. The fraction of sp³-hybridized carbons (Fsp3) is 0.231. The first-order chi connectivity index (χ1) is 9.25. The van der Waals surface area contributed by atoms with Crippen molar-refractivity contribution in [3.63, 3.8) is 0 Å². The number of benzene rings is 1. The largest absolute Gasteiger partial charge is 0.478 e. The molecule has 0 aliphatic heterocycles. The van der Waals surface area contributed by atoms with Crippen molar-refractivity contribution in [3.8, 4) is 0 Å². The first-order valence-electron chi connectivity index (χ1n) is 5.63. The summed E-state index contributed by atoms with van der Waals surface area (Å²) in [4.78, 5) is 32.4. The van der Waals surface area contributed by atoms with Crippen molar-refractivity contribution in [1.82, 2.24) is 0 Å². The summed E-state index contributed by atoms with van der Waals surface area (Å²) < 4.78 is 0. The highest BCUT2D eigenvalue weighted by molar-refractivity contribution is 9.09. The van der Waals surface area contributed by atoms with Gasteiger partial charge in [0.25, 0.3) is 5.69 Å². The van der Waals surface area contributed by atoms with E-state index >= 15 is 0 Å². The minimum atomic E-state index is -1.36. The second kappa shape index (κ2) is 6.42. The van der Waals surface area contributed by atoms with Crippen molar-refractivity contribution < 1.29 is 19.6 Å². The third-order valence-electron chi connectivity index (χ3n) is 2.62. The smallest absolute Gasteiger partial charge is 0.339 e. The van der Waals surface area contributed by atoms with Gasteiger partial charge in [-0.3, -0.25) is 14.9 Å². The zero-order valence-corrected chi connectivity index (χ0v) is 12.4. The van der Waals surface area contributed by atoms with E-state index in [-0.39, 0.29) is 10.5 Å². The predicted octanol–water partition coefficient (Wildman–Crippen LogP) is 3.11. The van der Waals surface area contributed by atoms with Crippen LogP contribution in [0.15, 0.2) is 23.8 Å². The standard InChI is InChI=1S/C13H12BrNO5/c1-7(14)12-9(4-3-5-11(12)15(19)20)6-10(8(2)16)13(17)18/h3-7H,1-2H3,(H,17,18)/b10-6+. The van der Waals surface area contributed by atoms with E-state index in [1.807, 2.05) is 0 Å². The molecular weight excluding hydrogens is 330 g/mol.